The van der Waals surface area contributed by atoms with Crippen LogP contribution in [0.3, 0.4) is 0 Å². The van der Waals surface area contributed by atoms with E-state index in [1.807, 2.05) is 37.1 Å². The van der Waals surface area contributed by atoms with Crippen molar-refractivity contribution in [2.24, 2.45) is 4.99 Å². The van der Waals surface area contributed by atoms with Gasteiger partial charge in [0.05, 0.1) is 18.7 Å². The van der Waals surface area contributed by atoms with E-state index >= 15 is 0 Å². The second-order valence-corrected chi connectivity index (χ2v) is 8.57. The second-order valence-electron chi connectivity index (χ2n) is 8.57. The fraction of sp³-hybridized carbons (Fsp3) is 0.696. The van der Waals surface area contributed by atoms with Crippen molar-refractivity contribution < 1.29 is 9.53 Å². The molecular formula is C23H38N6O2. The predicted molar refractivity (Wildman–Crippen MR) is 123 cm³/mol. The van der Waals surface area contributed by atoms with Crippen LogP contribution in [0.5, 0.6) is 5.88 Å². The Morgan fingerprint density at radius 3 is 2.39 bits per heavy atom. The van der Waals surface area contributed by atoms with Crippen LogP contribution in [-0.2, 0) is 11.3 Å². The van der Waals surface area contributed by atoms with Gasteiger partial charge in [-0.25, -0.2) is 9.98 Å². The highest BCUT2D eigenvalue weighted by atomic mass is 16.5. The monoisotopic (exact) mass is 430 g/mol. The Hall–Kier alpha value is -2.35. The maximum Gasteiger partial charge on any atom is 0.239 e. The van der Waals surface area contributed by atoms with Gasteiger partial charge >= 0.3 is 0 Å². The summed E-state index contributed by atoms with van der Waals surface area (Å²) in [5.74, 6) is 1.84. The molecule has 2 aliphatic rings. The average molecular weight is 431 g/mol. The Labute approximate surface area is 186 Å². The van der Waals surface area contributed by atoms with Gasteiger partial charge in [0.25, 0.3) is 0 Å². The van der Waals surface area contributed by atoms with Gasteiger partial charge in [0, 0.05) is 58.1 Å². The number of hydrogen-bond acceptors (Lipinski definition) is 5. The molecule has 1 amide bonds. The van der Waals surface area contributed by atoms with Gasteiger partial charge in [-0.2, -0.15) is 0 Å². The van der Waals surface area contributed by atoms with Crippen LogP contribution in [0.4, 0.5) is 0 Å². The zero-order valence-electron chi connectivity index (χ0n) is 19.5. The molecule has 0 bridgehead atoms. The maximum atomic E-state index is 12.7. The molecule has 31 heavy (non-hydrogen) atoms. The number of carbonyl (C=O) groups excluding carboxylic acids is 1. The second kappa shape index (κ2) is 11.3. The van der Waals surface area contributed by atoms with E-state index in [0.29, 0.717) is 12.4 Å². The minimum Gasteiger partial charge on any atom is -0.475 e. The lowest BCUT2D eigenvalue weighted by Crippen LogP contribution is -2.57. The predicted octanol–water partition coefficient (Wildman–Crippen LogP) is 1.96. The molecule has 0 aliphatic carbocycles. The Bertz CT molecular complexity index is 722. The van der Waals surface area contributed by atoms with Gasteiger partial charge in [0.2, 0.25) is 11.8 Å². The average Bonchev–Trinajstić information content (AvgIpc) is 3.31. The van der Waals surface area contributed by atoms with Crippen molar-refractivity contribution in [3.8, 4) is 5.88 Å². The Kier molecular flexibility index (Phi) is 8.51. The number of amides is 1. The fourth-order valence-electron chi connectivity index (χ4n) is 4.09. The number of piperazine rings is 1. The number of guanidine groups is 1. The van der Waals surface area contributed by atoms with Gasteiger partial charge in [0.1, 0.15) is 0 Å². The summed E-state index contributed by atoms with van der Waals surface area (Å²) in [5, 5.41) is 3.41. The third kappa shape index (κ3) is 6.56. The van der Waals surface area contributed by atoms with E-state index < -0.39 is 0 Å². The van der Waals surface area contributed by atoms with E-state index in [9.17, 15) is 4.79 Å². The molecule has 1 N–H and O–H groups in total. The summed E-state index contributed by atoms with van der Waals surface area (Å²) < 4.78 is 5.61. The zero-order chi connectivity index (χ0) is 22.2. The zero-order valence-corrected chi connectivity index (χ0v) is 19.5. The molecule has 1 atom stereocenters. The molecule has 0 radical (unpaired) electrons. The van der Waals surface area contributed by atoms with Crippen LogP contribution < -0.4 is 10.1 Å². The first kappa shape index (κ1) is 23.3. The lowest BCUT2D eigenvalue weighted by Gasteiger charge is -2.39. The molecular weight excluding hydrogens is 392 g/mol. The van der Waals surface area contributed by atoms with E-state index in [1.54, 1.807) is 0 Å². The number of hydrogen-bond donors (Lipinski definition) is 1. The molecule has 0 aromatic carbocycles. The minimum atomic E-state index is -0.0441. The highest BCUT2D eigenvalue weighted by molar-refractivity contribution is 5.82. The van der Waals surface area contributed by atoms with Gasteiger partial charge < -0.3 is 19.9 Å². The van der Waals surface area contributed by atoms with E-state index in [4.69, 9.17) is 9.73 Å². The summed E-state index contributed by atoms with van der Waals surface area (Å²) in [7, 11) is 0. The summed E-state index contributed by atoms with van der Waals surface area (Å²) in [5.41, 5.74) is 1.05. The molecule has 8 heteroatoms. The Balaban J connectivity index is 1.54. The normalized spacial score (nSPS) is 19.1. The van der Waals surface area contributed by atoms with Crippen LogP contribution in [0.1, 0.15) is 46.1 Å². The number of pyridine rings is 1. The van der Waals surface area contributed by atoms with E-state index in [1.165, 1.54) is 0 Å². The summed E-state index contributed by atoms with van der Waals surface area (Å²) in [6.07, 6.45) is 4.22. The third-order valence-corrected chi connectivity index (χ3v) is 5.84. The first-order valence-electron chi connectivity index (χ1n) is 11.7. The van der Waals surface area contributed by atoms with Crippen LogP contribution in [0.2, 0.25) is 0 Å². The summed E-state index contributed by atoms with van der Waals surface area (Å²) in [6, 6.07) is 3.87. The van der Waals surface area contributed by atoms with Crippen molar-refractivity contribution >= 4 is 11.9 Å². The molecule has 2 fully saturated rings. The highest BCUT2D eigenvalue weighted by Crippen LogP contribution is 2.15. The maximum absolute atomic E-state index is 12.7. The quantitative estimate of drug-likeness (QED) is 0.527. The van der Waals surface area contributed by atoms with Crippen LogP contribution >= 0.6 is 0 Å². The molecule has 3 heterocycles. The molecule has 0 spiro atoms. The Morgan fingerprint density at radius 1 is 1.10 bits per heavy atom. The van der Waals surface area contributed by atoms with Crippen LogP contribution in [0.25, 0.3) is 0 Å². The lowest BCUT2D eigenvalue weighted by molar-refractivity contribution is -0.135. The summed E-state index contributed by atoms with van der Waals surface area (Å²) >= 11 is 0. The minimum absolute atomic E-state index is 0.0441. The first-order chi connectivity index (χ1) is 15.0. The van der Waals surface area contributed by atoms with Crippen molar-refractivity contribution in [3.63, 3.8) is 0 Å². The third-order valence-electron chi connectivity index (χ3n) is 5.84. The van der Waals surface area contributed by atoms with Gasteiger partial charge in [0.15, 0.2) is 5.96 Å². The van der Waals surface area contributed by atoms with Crippen molar-refractivity contribution in [2.45, 2.75) is 59.2 Å². The van der Waals surface area contributed by atoms with E-state index in [0.717, 1.165) is 70.2 Å². The fourth-order valence-corrected chi connectivity index (χ4v) is 4.09. The molecule has 2 saturated heterocycles. The number of carbonyl (C=O) groups is 1. The SMILES string of the molecule is CCNC(=NCc1ccc(OC(C)C)nc1)N1CCN(C(C)C(=O)N2CCCC2)CC1. The molecule has 1 aromatic rings. The first-order valence-corrected chi connectivity index (χ1v) is 11.7. The number of nitrogens with one attached hydrogen (secondary N) is 1. The molecule has 0 saturated carbocycles. The number of ether oxygens (including phenoxy) is 1. The number of rotatable bonds is 7. The largest absolute Gasteiger partial charge is 0.475 e. The summed E-state index contributed by atoms with van der Waals surface area (Å²) in [6.45, 7) is 14.8. The molecule has 172 valence electrons. The van der Waals surface area contributed by atoms with Gasteiger partial charge in [-0.1, -0.05) is 6.07 Å². The lowest BCUT2D eigenvalue weighted by atomic mass is 10.2. The number of nitrogens with zero attached hydrogens (tertiary/aromatic N) is 5. The van der Waals surface area contributed by atoms with Crippen LogP contribution in [-0.4, -0.2) is 89.5 Å². The number of aliphatic imine (C=N–C) groups is 1. The van der Waals surface area contributed by atoms with Crippen LogP contribution in [0.15, 0.2) is 23.3 Å². The van der Waals surface area contributed by atoms with E-state index in [2.05, 4.69) is 33.9 Å². The number of aromatic nitrogens is 1. The van der Waals surface area contributed by atoms with Gasteiger partial charge in [-0.3, -0.25) is 9.69 Å². The highest BCUT2D eigenvalue weighted by Gasteiger charge is 2.30. The smallest absolute Gasteiger partial charge is 0.239 e. The topological polar surface area (TPSA) is 73.3 Å². The molecule has 2 aliphatic heterocycles. The molecule has 8 nitrogen and oxygen atoms in total. The standard InChI is InChI=1S/C23H38N6O2/c1-5-24-23(26-17-20-8-9-21(25-16-20)31-18(2)3)29-14-12-27(13-15-29)19(4)22(30)28-10-6-7-11-28/h8-9,16,18-19H,5-7,10-15,17H2,1-4H3,(H,24,26). The molecule has 1 unspecified atom stereocenters. The van der Waals surface area contributed by atoms with Gasteiger partial charge in [-0.15, -0.1) is 0 Å². The summed E-state index contributed by atoms with van der Waals surface area (Å²) in [4.78, 5) is 28.5. The Morgan fingerprint density at radius 2 is 1.81 bits per heavy atom. The van der Waals surface area contributed by atoms with Crippen molar-refractivity contribution in [1.82, 2.24) is 25.0 Å². The number of likely N-dealkylation sites (tertiary alicyclic amines) is 1. The molecule has 3 rings (SSSR count). The van der Waals surface area contributed by atoms with Crippen molar-refractivity contribution in [2.75, 3.05) is 45.8 Å². The van der Waals surface area contributed by atoms with Crippen LogP contribution in [0, 0.1) is 0 Å². The van der Waals surface area contributed by atoms with Crippen molar-refractivity contribution in [3.05, 3.63) is 23.9 Å². The molecule has 1 aromatic heterocycles. The van der Waals surface area contributed by atoms with Gasteiger partial charge in [-0.05, 0) is 46.1 Å². The van der Waals surface area contributed by atoms with Crippen molar-refractivity contribution in [1.29, 1.82) is 0 Å². The van der Waals surface area contributed by atoms with E-state index in [-0.39, 0.29) is 18.1 Å².